The first kappa shape index (κ1) is 14.5. The maximum absolute atomic E-state index is 5.82. The zero-order valence-corrected chi connectivity index (χ0v) is 12.5. The highest BCUT2D eigenvalue weighted by Crippen LogP contribution is 2.22. The molecule has 3 unspecified atom stereocenters. The lowest BCUT2D eigenvalue weighted by molar-refractivity contribution is -0.00473. The van der Waals surface area contributed by atoms with E-state index in [1.165, 1.54) is 24.0 Å². The van der Waals surface area contributed by atoms with Crippen LogP contribution in [0.1, 0.15) is 56.7 Å². The largest absolute Gasteiger partial charge is 0.378 e. The number of ether oxygens (including phenoxy) is 1. The van der Waals surface area contributed by atoms with Gasteiger partial charge in [-0.15, -0.1) is 0 Å². The van der Waals surface area contributed by atoms with E-state index >= 15 is 0 Å². The van der Waals surface area contributed by atoms with Gasteiger partial charge in [-0.1, -0.05) is 37.6 Å². The van der Waals surface area contributed by atoms with Crippen molar-refractivity contribution in [2.45, 2.75) is 64.6 Å². The van der Waals surface area contributed by atoms with E-state index in [9.17, 15) is 0 Å². The van der Waals surface area contributed by atoms with Crippen LogP contribution in [0.3, 0.4) is 0 Å². The van der Waals surface area contributed by atoms with Gasteiger partial charge in [0.05, 0.1) is 6.10 Å². The molecule has 0 bridgehead atoms. The molecule has 0 amide bonds. The smallest absolute Gasteiger partial charge is 0.0589 e. The van der Waals surface area contributed by atoms with E-state index in [1.807, 2.05) is 0 Å². The summed E-state index contributed by atoms with van der Waals surface area (Å²) in [7, 11) is 0. The normalized spacial score (nSPS) is 25.2. The van der Waals surface area contributed by atoms with Gasteiger partial charge >= 0.3 is 0 Å². The summed E-state index contributed by atoms with van der Waals surface area (Å²) in [5.41, 5.74) is 2.79. The molecule has 2 nitrogen and oxygen atoms in total. The monoisotopic (exact) mass is 261 g/mol. The van der Waals surface area contributed by atoms with Crippen LogP contribution >= 0.6 is 0 Å². The Balaban J connectivity index is 1.91. The first-order chi connectivity index (χ1) is 9.20. The van der Waals surface area contributed by atoms with Gasteiger partial charge in [-0.3, -0.25) is 0 Å². The van der Waals surface area contributed by atoms with Crippen molar-refractivity contribution in [2.75, 3.05) is 6.61 Å². The van der Waals surface area contributed by atoms with Gasteiger partial charge in [0.2, 0.25) is 0 Å². The van der Waals surface area contributed by atoms with Crippen molar-refractivity contribution in [1.29, 1.82) is 0 Å². The van der Waals surface area contributed by atoms with E-state index in [0.29, 0.717) is 18.2 Å². The molecule has 1 heterocycles. The standard InChI is InChI=1S/C17H27NO/c1-4-7-16-12-15(10-11-19-16)18-14(3)17-9-6-5-8-13(17)2/h5-6,8-9,14-16,18H,4,7,10-12H2,1-3H3. The van der Waals surface area contributed by atoms with Gasteiger partial charge in [0, 0.05) is 18.7 Å². The number of hydrogen-bond donors (Lipinski definition) is 1. The Labute approximate surface area is 117 Å². The second kappa shape index (κ2) is 7.06. The van der Waals surface area contributed by atoms with Crippen LogP contribution in [0.4, 0.5) is 0 Å². The molecule has 3 atom stereocenters. The second-order valence-electron chi connectivity index (χ2n) is 5.75. The molecule has 1 aliphatic heterocycles. The zero-order chi connectivity index (χ0) is 13.7. The number of nitrogens with one attached hydrogen (secondary N) is 1. The van der Waals surface area contributed by atoms with Crippen molar-refractivity contribution in [3.05, 3.63) is 35.4 Å². The molecule has 2 rings (SSSR count). The van der Waals surface area contributed by atoms with E-state index in [-0.39, 0.29) is 0 Å². The predicted molar refractivity (Wildman–Crippen MR) is 80.4 cm³/mol. The third-order valence-corrected chi connectivity index (χ3v) is 4.12. The molecule has 1 aromatic rings. The maximum Gasteiger partial charge on any atom is 0.0589 e. The van der Waals surface area contributed by atoms with Crippen LogP contribution in [-0.4, -0.2) is 18.8 Å². The minimum absolute atomic E-state index is 0.423. The molecule has 0 saturated carbocycles. The molecule has 1 fully saturated rings. The number of hydrogen-bond acceptors (Lipinski definition) is 2. The molecule has 0 spiro atoms. The average Bonchev–Trinajstić information content (AvgIpc) is 2.40. The van der Waals surface area contributed by atoms with Crippen LogP contribution in [0.5, 0.6) is 0 Å². The Morgan fingerprint density at radius 2 is 2.16 bits per heavy atom. The summed E-state index contributed by atoms with van der Waals surface area (Å²) in [4.78, 5) is 0. The lowest BCUT2D eigenvalue weighted by Gasteiger charge is -2.32. The zero-order valence-electron chi connectivity index (χ0n) is 12.5. The molecule has 0 aromatic heterocycles. The summed E-state index contributed by atoms with van der Waals surface area (Å²) in [6.07, 6.45) is 5.16. The molecule has 1 aliphatic rings. The van der Waals surface area contributed by atoms with Gasteiger partial charge in [0.25, 0.3) is 0 Å². The van der Waals surface area contributed by atoms with E-state index < -0.39 is 0 Å². The SMILES string of the molecule is CCCC1CC(NC(C)c2ccccc2C)CCO1. The first-order valence-electron chi connectivity index (χ1n) is 7.64. The Morgan fingerprint density at radius 1 is 1.37 bits per heavy atom. The van der Waals surface area contributed by atoms with Crippen LogP contribution in [0, 0.1) is 6.92 Å². The highest BCUT2D eigenvalue weighted by molar-refractivity contribution is 5.28. The van der Waals surface area contributed by atoms with E-state index in [2.05, 4.69) is 50.4 Å². The number of benzene rings is 1. The van der Waals surface area contributed by atoms with Crippen molar-refractivity contribution < 1.29 is 4.74 Å². The van der Waals surface area contributed by atoms with Crippen LogP contribution in [0.2, 0.25) is 0 Å². The van der Waals surface area contributed by atoms with Gasteiger partial charge in [-0.05, 0) is 44.2 Å². The molecule has 1 saturated heterocycles. The molecular weight excluding hydrogens is 234 g/mol. The molecule has 2 heteroatoms. The topological polar surface area (TPSA) is 21.3 Å². The lowest BCUT2D eigenvalue weighted by atomic mass is 9.97. The van der Waals surface area contributed by atoms with E-state index in [0.717, 1.165) is 19.4 Å². The Kier molecular flexibility index (Phi) is 5.41. The number of aryl methyl sites for hydroxylation is 1. The third kappa shape index (κ3) is 4.05. The minimum Gasteiger partial charge on any atom is -0.378 e. The fraction of sp³-hybridized carbons (Fsp3) is 0.647. The summed E-state index contributed by atoms with van der Waals surface area (Å²) in [5, 5.41) is 3.78. The van der Waals surface area contributed by atoms with Gasteiger partial charge < -0.3 is 10.1 Å². The van der Waals surface area contributed by atoms with Crippen LogP contribution in [0.25, 0.3) is 0 Å². The van der Waals surface area contributed by atoms with Crippen molar-refractivity contribution in [2.24, 2.45) is 0 Å². The summed E-state index contributed by atoms with van der Waals surface area (Å²) < 4.78 is 5.82. The highest BCUT2D eigenvalue weighted by atomic mass is 16.5. The van der Waals surface area contributed by atoms with Crippen LogP contribution in [-0.2, 0) is 4.74 Å². The summed E-state index contributed by atoms with van der Waals surface area (Å²) in [5.74, 6) is 0. The van der Waals surface area contributed by atoms with Gasteiger partial charge in [-0.2, -0.15) is 0 Å². The van der Waals surface area contributed by atoms with Gasteiger partial charge in [0.15, 0.2) is 0 Å². The molecule has 19 heavy (non-hydrogen) atoms. The molecule has 1 N–H and O–H groups in total. The number of rotatable bonds is 5. The summed E-state index contributed by atoms with van der Waals surface area (Å²) >= 11 is 0. The van der Waals surface area contributed by atoms with Crippen LogP contribution in [0.15, 0.2) is 24.3 Å². The highest BCUT2D eigenvalue weighted by Gasteiger charge is 2.23. The van der Waals surface area contributed by atoms with Gasteiger partial charge in [0.1, 0.15) is 0 Å². The van der Waals surface area contributed by atoms with Gasteiger partial charge in [-0.25, -0.2) is 0 Å². The summed E-state index contributed by atoms with van der Waals surface area (Å²) in [6.45, 7) is 7.60. The van der Waals surface area contributed by atoms with Crippen molar-refractivity contribution >= 4 is 0 Å². The molecule has 1 aromatic carbocycles. The third-order valence-electron chi connectivity index (χ3n) is 4.12. The predicted octanol–water partition coefficient (Wildman–Crippen LogP) is 3.99. The Hall–Kier alpha value is -0.860. The quantitative estimate of drug-likeness (QED) is 0.865. The fourth-order valence-corrected chi connectivity index (χ4v) is 3.07. The summed E-state index contributed by atoms with van der Waals surface area (Å²) in [6, 6.07) is 9.68. The van der Waals surface area contributed by atoms with Crippen molar-refractivity contribution in [3.63, 3.8) is 0 Å². The average molecular weight is 261 g/mol. The Bertz CT molecular complexity index is 389. The Morgan fingerprint density at radius 3 is 2.89 bits per heavy atom. The minimum atomic E-state index is 0.423. The fourth-order valence-electron chi connectivity index (χ4n) is 3.07. The lowest BCUT2D eigenvalue weighted by Crippen LogP contribution is -2.40. The maximum atomic E-state index is 5.82. The second-order valence-corrected chi connectivity index (χ2v) is 5.75. The first-order valence-corrected chi connectivity index (χ1v) is 7.64. The molecule has 0 radical (unpaired) electrons. The molecular formula is C17H27NO. The van der Waals surface area contributed by atoms with E-state index in [4.69, 9.17) is 4.74 Å². The molecule has 106 valence electrons. The molecule has 0 aliphatic carbocycles. The van der Waals surface area contributed by atoms with Crippen LogP contribution < -0.4 is 5.32 Å². The van der Waals surface area contributed by atoms with E-state index in [1.54, 1.807) is 0 Å². The van der Waals surface area contributed by atoms with Crippen molar-refractivity contribution in [1.82, 2.24) is 5.32 Å². The van der Waals surface area contributed by atoms with Crippen molar-refractivity contribution in [3.8, 4) is 0 Å².